The molecule has 0 unspecified atom stereocenters. The van der Waals surface area contributed by atoms with E-state index in [9.17, 15) is 22.0 Å². The number of sulfonamides is 1. The topological polar surface area (TPSA) is 63.7 Å². The average Bonchev–Trinajstić information content (AvgIpc) is 2.24. The molecule has 0 atom stereocenters. The van der Waals surface area contributed by atoms with Crippen LogP contribution in [0, 0.1) is 11.6 Å². The van der Waals surface area contributed by atoms with Crippen LogP contribution in [0.4, 0.5) is 14.5 Å². The molecule has 0 heterocycles. The molecule has 0 aromatic heterocycles. The Balaban J connectivity index is 3.38. The Bertz CT molecular complexity index is 583. The van der Waals surface area contributed by atoms with Crippen LogP contribution in [0.3, 0.4) is 0 Å². The summed E-state index contributed by atoms with van der Waals surface area (Å²) in [6.45, 7) is -0.712. The molecule has 9 heteroatoms. The lowest BCUT2D eigenvalue weighted by Crippen LogP contribution is -2.36. The normalized spacial score (nSPS) is 11.2. The largest absolute Gasteiger partial charge is 0.468 e. The van der Waals surface area contributed by atoms with Crippen LogP contribution >= 0.6 is 15.9 Å². The number of benzene rings is 1. The summed E-state index contributed by atoms with van der Waals surface area (Å²) in [4.78, 5) is 11.2. The highest BCUT2D eigenvalue weighted by Gasteiger charge is 2.26. The highest BCUT2D eigenvalue weighted by Crippen LogP contribution is 2.31. The van der Waals surface area contributed by atoms with E-state index in [1.165, 1.54) is 0 Å². The predicted molar refractivity (Wildman–Crippen MR) is 68.3 cm³/mol. The second-order valence-electron chi connectivity index (χ2n) is 3.56. The van der Waals surface area contributed by atoms with Gasteiger partial charge in [0.25, 0.3) is 0 Å². The maximum Gasteiger partial charge on any atom is 0.326 e. The van der Waals surface area contributed by atoms with Crippen molar-refractivity contribution in [3.05, 3.63) is 28.2 Å². The number of hydrogen-bond donors (Lipinski definition) is 0. The van der Waals surface area contributed by atoms with Crippen molar-refractivity contribution in [2.75, 3.05) is 24.2 Å². The monoisotopic (exact) mass is 357 g/mol. The Morgan fingerprint density at radius 3 is 2.42 bits per heavy atom. The molecule has 0 saturated heterocycles. The summed E-state index contributed by atoms with van der Waals surface area (Å²) in [5, 5.41) is 0. The quantitative estimate of drug-likeness (QED) is 0.769. The van der Waals surface area contributed by atoms with Gasteiger partial charge in [0.15, 0.2) is 5.82 Å². The zero-order valence-corrected chi connectivity index (χ0v) is 12.4. The summed E-state index contributed by atoms with van der Waals surface area (Å²) < 4.78 is 54.6. The molecule has 1 aromatic carbocycles. The van der Waals surface area contributed by atoms with Crippen molar-refractivity contribution in [2.45, 2.75) is 0 Å². The fourth-order valence-electron chi connectivity index (χ4n) is 1.32. The Morgan fingerprint density at radius 1 is 1.42 bits per heavy atom. The molecule has 0 bridgehead atoms. The van der Waals surface area contributed by atoms with Crippen molar-refractivity contribution in [3.8, 4) is 0 Å². The fourth-order valence-corrected chi connectivity index (χ4v) is 2.91. The van der Waals surface area contributed by atoms with E-state index in [1.807, 2.05) is 0 Å². The van der Waals surface area contributed by atoms with Crippen LogP contribution in [0.5, 0.6) is 0 Å². The molecular formula is C10H10BrF2NO4S. The predicted octanol–water partition coefficient (Wildman–Crippen LogP) is 1.67. The SMILES string of the molecule is COC(=O)CN(c1c(F)cc(F)cc1Br)S(C)(=O)=O. The van der Waals surface area contributed by atoms with E-state index < -0.39 is 39.9 Å². The average molecular weight is 358 g/mol. The van der Waals surface area contributed by atoms with Gasteiger partial charge in [-0.1, -0.05) is 0 Å². The van der Waals surface area contributed by atoms with Gasteiger partial charge in [-0.3, -0.25) is 9.10 Å². The number of halogens is 3. The zero-order chi connectivity index (χ0) is 14.8. The van der Waals surface area contributed by atoms with Crippen molar-refractivity contribution in [2.24, 2.45) is 0 Å². The van der Waals surface area contributed by atoms with Gasteiger partial charge in [0.2, 0.25) is 10.0 Å². The molecule has 0 fully saturated rings. The van der Waals surface area contributed by atoms with E-state index >= 15 is 0 Å². The molecule has 0 saturated carbocycles. The molecule has 0 radical (unpaired) electrons. The first-order valence-corrected chi connectivity index (χ1v) is 7.50. The third-order valence-corrected chi connectivity index (χ3v) is 3.85. The van der Waals surface area contributed by atoms with E-state index in [2.05, 4.69) is 20.7 Å². The molecule has 106 valence electrons. The van der Waals surface area contributed by atoms with E-state index in [4.69, 9.17) is 0 Å². The first-order chi connectivity index (χ1) is 8.66. The minimum Gasteiger partial charge on any atom is -0.468 e. The smallest absolute Gasteiger partial charge is 0.326 e. The third-order valence-electron chi connectivity index (χ3n) is 2.13. The number of ether oxygens (including phenoxy) is 1. The second kappa shape index (κ2) is 5.83. The first kappa shape index (κ1) is 15.8. The maximum atomic E-state index is 13.7. The molecule has 1 rings (SSSR count). The lowest BCUT2D eigenvalue weighted by Gasteiger charge is -2.22. The van der Waals surface area contributed by atoms with E-state index in [1.54, 1.807) is 0 Å². The van der Waals surface area contributed by atoms with Crippen molar-refractivity contribution in [1.29, 1.82) is 0 Å². The molecule has 19 heavy (non-hydrogen) atoms. The van der Waals surface area contributed by atoms with Gasteiger partial charge in [0.05, 0.1) is 13.4 Å². The fraction of sp³-hybridized carbons (Fsp3) is 0.300. The third kappa shape index (κ3) is 3.87. The highest BCUT2D eigenvalue weighted by molar-refractivity contribution is 9.10. The van der Waals surface area contributed by atoms with Crippen LogP contribution in [0.1, 0.15) is 0 Å². The van der Waals surface area contributed by atoms with Crippen LogP contribution in [0.25, 0.3) is 0 Å². The standard InChI is InChI=1S/C10H10BrF2NO4S/c1-18-9(15)5-14(19(2,16)17)10-7(11)3-6(12)4-8(10)13/h3-4H,5H2,1-2H3. The number of carbonyl (C=O) groups is 1. The number of nitrogens with zero attached hydrogens (tertiary/aromatic N) is 1. The molecule has 0 N–H and O–H groups in total. The lowest BCUT2D eigenvalue weighted by molar-refractivity contribution is -0.138. The van der Waals surface area contributed by atoms with Crippen molar-refractivity contribution < 1.29 is 26.7 Å². The summed E-state index contributed by atoms with van der Waals surface area (Å²) >= 11 is 2.86. The van der Waals surface area contributed by atoms with Gasteiger partial charge in [-0.2, -0.15) is 0 Å². The Morgan fingerprint density at radius 2 is 2.00 bits per heavy atom. The summed E-state index contributed by atoms with van der Waals surface area (Å²) in [5.74, 6) is -2.86. The van der Waals surface area contributed by atoms with Crippen molar-refractivity contribution >= 4 is 37.6 Å². The van der Waals surface area contributed by atoms with E-state index in [0.29, 0.717) is 10.4 Å². The lowest BCUT2D eigenvalue weighted by atomic mass is 10.3. The van der Waals surface area contributed by atoms with Gasteiger partial charge in [0.1, 0.15) is 18.0 Å². The molecule has 0 spiro atoms. The molecular weight excluding hydrogens is 348 g/mol. The molecule has 1 aromatic rings. The van der Waals surface area contributed by atoms with Crippen molar-refractivity contribution in [3.63, 3.8) is 0 Å². The minimum atomic E-state index is -3.94. The van der Waals surface area contributed by atoms with Gasteiger partial charge in [-0.25, -0.2) is 17.2 Å². The molecule has 0 aliphatic rings. The van der Waals surface area contributed by atoms with Gasteiger partial charge in [-0.15, -0.1) is 0 Å². The maximum absolute atomic E-state index is 13.7. The molecule has 0 amide bonds. The van der Waals surface area contributed by atoms with Crippen LogP contribution in [-0.4, -0.2) is 34.3 Å². The Kier molecular flexibility index (Phi) is 4.86. The molecule has 0 aliphatic heterocycles. The Hall–Kier alpha value is -1.22. The summed E-state index contributed by atoms with van der Waals surface area (Å²) in [7, 11) is -2.87. The number of rotatable bonds is 4. The second-order valence-corrected chi connectivity index (χ2v) is 6.32. The number of carbonyl (C=O) groups excluding carboxylic acids is 1. The van der Waals surface area contributed by atoms with E-state index in [-0.39, 0.29) is 4.47 Å². The number of esters is 1. The number of hydrogen-bond acceptors (Lipinski definition) is 4. The Labute approximate surface area is 117 Å². The van der Waals surface area contributed by atoms with Gasteiger partial charge in [0, 0.05) is 10.5 Å². The molecule has 5 nitrogen and oxygen atoms in total. The zero-order valence-electron chi connectivity index (χ0n) is 9.98. The highest BCUT2D eigenvalue weighted by atomic mass is 79.9. The van der Waals surface area contributed by atoms with Gasteiger partial charge >= 0.3 is 5.97 Å². The number of methoxy groups -OCH3 is 1. The van der Waals surface area contributed by atoms with Crippen LogP contribution in [-0.2, 0) is 19.6 Å². The summed E-state index contributed by atoms with van der Waals surface area (Å²) in [6.07, 6.45) is 0.797. The van der Waals surface area contributed by atoms with Crippen LogP contribution in [0.2, 0.25) is 0 Å². The summed E-state index contributed by atoms with van der Waals surface area (Å²) in [5.41, 5.74) is -0.450. The van der Waals surface area contributed by atoms with E-state index in [0.717, 1.165) is 19.4 Å². The van der Waals surface area contributed by atoms with Gasteiger partial charge in [-0.05, 0) is 22.0 Å². The first-order valence-electron chi connectivity index (χ1n) is 4.86. The minimum absolute atomic E-state index is 0.126. The molecule has 0 aliphatic carbocycles. The van der Waals surface area contributed by atoms with Crippen molar-refractivity contribution in [1.82, 2.24) is 0 Å². The number of anilines is 1. The summed E-state index contributed by atoms with van der Waals surface area (Å²) in [6, 6.07) is 1.42. The van der Waals surface area contributed by atoms with Gasteiger partial charge < -0.3 is 4.74 Å². The van der Waals surface area contributed by atoms with Crippen LogP contribution in [0.15, 0.2) is 16.6 Å². The van der Waals surface area contributed by atoms with Crippen LogP contribution < -0.4 is 4.31 Å².